The number of hydrogen-bond donors (Lipinski definition) is 0. The zero-order valence-corrected chi connectivity index (χ0v) is 15.9. The molecule has 4 rings (SSSR count). The molecule has 1 saturated heterocycles. The van der Waals surface area contributed by atoms with Crippen LogP contribution in [0, 0.1) is 0 Å². The molecule has 0 N–H and O–H groups in total. The van der Waals surface area contributed by atoms with Crippen molar-refractivity contribution in [3.63, 3.8) is 0 Å². The monoisotopic (exact) mass is 389 g/mol. The van der Waals surface area contributed by atoms with Gasteiger partial charge in [-0.3, -0.25) is 4.57 Å². The van der Waals surface area contributed by atoms with E-state index in [2.05, 4.69) is 14.8 Å². The van der Waals surface area contributed by atoms with E-state index in [4.69, 9.17) is 20.8 Å². The van der Waals surface area contributed by atoms with E-state index < -0.39 is 0 Å². The van der Waals surface area contributed by atoms with Crippen LogP contribution in [0.4, 0.5) is 0 Å². The van der Waals surface area contributed by atoms with Gasteiger partial charge in [0.05, 0.1) is 18.9 Å². The Morgan fingerprint density at radius 1 is 1.15 bits per heavy atom. The SMILES string of the molecule is Clc1ccc(-c2nnc(SC[C@@H]3CCCCO3)n2Cc2ccco2)cc1. The number of furan rings is 1. The lowest BCUT2D eigenvalue weighted by atomic mass is 10.1. The van der Waals surface area contributed by atoms with E-state index in [-0.39, 0.29) is 0 Å². The van der Waals surface area contributed by atoms with Crippen molar-refractivity contribution in [3.05, 3.63) is 53.4 Å². The molecule has 3 aromatic rings. The molecule has 1 aromatic carbocycles. The summed E-state index contributed by atoms with van der Waals surface area (Å²) in [5.41, 5.74) is 0.981. The number of rotatable bonds is 6. The predicted molar refractivity (Wildman–Crippen MR) is 103 cm³/mol. The lowest BCUT2D eigenvalue weighted by Crippen LogP contribution is -2.21. The van der Waals surface area contributed by atoms with E-state index in [1.165, 1.54) is 6.42 Å². The van der Waals surface area contributed by atoms with Crippen LogP contribution in [0.2, 0.25) is 5.02 Å². The molecule has 2 aromatic heterocycles. The van der Waals surface area contributed by atoms with Gasteiger partial charge in [-0.05, 0) is 55.7 Å². The van der Waals surface area contributed by atoms with Gasteiger partial charge >= 0.3 is 0 Å². The highest BCUT2D eigenvalue weighted by Gasteiger charge is 2.19. The molecule has 26 heavy (non-hydrogen) atoms. The van der Waals surface area contributed by atoms with E-state index >= 15 is 0 Å². The third kappa shape index (κ3) is 4.14. The normalized spacial score (nSPS) is 17.5. The molecule has 0 radical (unpaired) electrons. The van der Waals surface area contributed by atoms with Crippen molar-refractivity contribution in [3.8, 4) is 11.4 Å². The van der Waals surface area contributed by atoms with Gasteiger partial charge in [-0.1, -0.05) is 23.4 Å². The van der Waals surface area contributed by atoms with E-state index in [9.17, 15) is 0 Å². The van der Waals surface area contributed by atoms with Crippen molar-refractivity contribution in [2.75, 3.05) is 12.4 Å². The van der Waals surface area contributed by atoms with Crippen LogP contribution in [0.3, 0.4) is 0 Å². The molecule has 1 atom stereocenters. The summed E-state index contributed by atoms with van der Waals surface area (Å²) in [6.45, 7) is 1.45. The Balaban J connectivity index is 1.59. The topological polar surface area (TPSA) is 53.1 Å². The largest absolute Gasteiger partial charge is 0.467 e. The average molecular weight is 390 g/mol. The van der Waals surface area contributed by atoms with E-state index in [0.29, 0.717) is 17.7 Å². The summed E-state index contributed by atoms with van der Waals surface area (Å²) in [6.07, 6.45) is 5.49. The first-order valence-electron chi connectivity index (χ1n) is 8.75. The summed E-state index contributed by atoms with van der Waals surface area (Å²) in [7, 11) is 0. The number of benzene rings is 1. The molecule has 1 fully saturated rings. The minimum Gasteiger partial charge on any atom is -0.467 e. The summed E-state index contributed by atoms with van der Waals surface area (Å²) in [4.78, 5) is 0. The fourth-order valence-corrected chi connectivity index (χ4v) is 4.14. The zero-order valence-electron chi connectivity index (χ0n) is 14.3. The van der Waals surface area contributed by atoms with Crippen LogP contribution < -0.4 is 0 Å². The van der Waals surface area contributed by atoms with Crippen LogP contribution in [-0.4, -0.2) is 33.2 Å². The fourth-order valence-electron chi connectivity index (χ4n) is 3.02. The first-order valence-corrected chi connectivity index (χ1v) is 10.1. The number of halogens is 1. The summed E-state index contributed by atoms with van der Waals surface area (Å²) < 4.78 is 13.5. The van der Waals surface area contributed by atoms with Gasteiger partial charge in [0.25, 0.3) is 0 Å². The molecule has 0 bridgehead atoms. The highest BCUT2D eigenvalue weighted by Crippen LogP contribution is 2.28. The smallest absolute Gasteiger partial charge is 0.192 e. The van der Waals surface area contributed by atoms with Gasteiger partial charge in [0.2, 0.25) is 0 Å². The molecular formula is C19H20ClN3O2S. The van der Waals surface area contributed by atoms with Gasteiger partial charge in [-0.2, -0.15) is 0 Å². The molecule has 3 heterocycles. The van der Waals surface area contributed by atoms with Gasteiger partial charge in [0, 0.05) is 22.9 Å². The quantitative estimate of drug-likeness (QED) is 0.561. The molecule has 136 valence electrons. The molecule has 7 heteroatoms. The molecule has 0 saturated carbocycles. The Morgan fingerprint density at radius 3 is 2.77 bits per heavy atom. The summed E-state index contributed by atoms with van der Waals surface area (Å²) >= 11 is 7.71. The lowest BCUT2D eigenvalue weighted by Gasteiger charge is -2.21. The standard InChI is InChI=1S/C19H20ClN3O2S/c20-15-8-6-14(7-9-15)18-21-22-19(23(18)12-16-5-3-11-24-16)26-13-17-4-1-2-10-25-17/h3,5-9,11,17H,1-2,4,10,12-13H2/t17-/m0/s1. The third-order valence-corrected chi connectivity index (χ3v) is 5.74. The van der Waals surface area contributed by atoms with Crippen molar-refractivity contribution in [1.82, 2.24) is 14.8 Å². The average Bonchev–Trinajstić information content (AvgIpc) is 3.32. The molecule has 5 nitrogen and oxygen atoms in total. The molecule has 1 aliphatic rings. The van der Waals surface area contributed by atoms with Gasteiger partial charge in [0.15, 0.2) is 11.0 Å². The van der Waals surface area contributed by atoms with Crippen LogP contribution in [0.1, 0.15) is 25.0 Å². The van der Waals surface area contributed by atoms with Crippen molar-refractivity contribution >= 4 is 23.4 Å². The molecule has 0 amide bonds. The highest BCUT2D eigenvalue weighted by molar-refractivity contribution is 7.99. The zero-order chi connectivity index (χ0) is 17.8. The number of aromatic nitrogens is 3. The second kappa shape index (κ2) is 8.29. The number of hydrogen-bond acceptors (Lipinski definition) is 5. The number of thioether (sulfide) groups is 1. The van der Waals surface area contributed by atoms with Gasteiger partial charge in [0.1, 0.15) is 5.76 Å². The van der Waals surface area contributed by atoms with E-state index in [1.54, 1.807) is 18.0 Å². The minimum atomic E-state index is 0.293. The summed E-state index contributed by atoms with van der Waals surface area (Å²) in [6, 6.07) is 11.5. The summed E-state index contributed by atoms with van der Waals surface area (Å²) in [5.74, 6) is 2.57. The first kappa shape index (κ1) is 17.6. The maximum Gasteiger partial charge on any atom is 0.192 e. The fraction of sp³-hybridized carbons (Fsp3) is 0.368. The summed E-state index contributed by atoms with van der Waals surface area (Å²) in [5, 5.41) is 10.4. The van der Waals surface area contributed by atoms with Crippen molar-refractivity contribution in [2.45, 2.75) is 37.1 Å². The Kier molecular flexibility index (Phi) is 5.62. The van der Waals surface area contributed by atoms with Crippen LogP contribution in [0.5, 0.6) is 0 Å². The first-order chi connectivity index (χ1) is 12.8. The van der Waals surface area contributed by atoms with Crippen molar-refractivity contribution < 1.29 is 9.15 Å². The second-order valence-electron chi connectivity index (χ2n) is 6.28. The molecule has 0 spiro atoms. The van der Waals surface area contributed by atoms with Crippen molar-refractivity contribution in [1.29, 1.82) is 0 Å². The van der Waals surface area contributed by atoms with Crippen LogP contribution in [0.15, 0.2) is 52.2 Å². The number of ether oxygens (including phenoxy) is 1. The maximum atomic E-state index is 6.02. The van der Waals surface area contributed by atoms with Gasteiger partial charge in [-0.25, -0.2) is 0 Å². The lowest BCUT2D eigenvalue weighted by molar-refractivity contribution is 0.0315. The Hall–Kier alpha value is -1.76. The maximum absolute atomic E-state index is 6.02. The Morgan fingerprint density at radius 2 is 2.04 bits per heavy atom. The van der Waals surface area contributed by atoms with Crippen molar-refractivity contribution in [2.24, 2.45) is 0 Å². The van der Waals surface area contributed by atoms with E-state index in [1.807, 2.05) is 36.4 Å². The van der Waals surface area contributed by atoms with Gasteiger partial charge in [-0.15, -0.1) is 10.2 Å². The molecular weight excluding hydrogens is 370 g/mol. The van der Waals surface area contributed by atoms with Gasteiger partial charge < -0.3 is 9.15 Å². The highest BCUT2D eigenvalue weighted by atomic mass is 35.5. The van der Waals surface area contributed by atoms with Crippen LogP contribution >= 0.6 is 23.4 Å². The Labute approximate surface area is 161 Å². The molecule has 0 unspecified atom stereocenters. The van der Waals surface area contributed by atoms with E-state index in [0.717, 1.165) is 47.5 Å². The Bertz CT molecular complexity index is 827. The predicted octanol–water partition coefficient (Wildman–Crippen LogP) is 4.90. The minimum absolute atomic E-state index is 0.293. The number of nitrogens with zero attached hydrogens (tertiary/aromatic N) is 3. The van der Waals surface area contributed by atoms with Crippen LogP contribution in [0.25, 0.3) is 11.4 Å². The molecule has 0 aliphatic carbocycles. The molecule has 1 aliphatic heterocycles. The third-order valence-electron chi connectivity index (χ3n) is 4.39. The second-order valence-corrected chi connectivity index (χ2v) is 7.70. The van der Waals surface area contributed by atoms with Crippen LogP contribution in [-0.2, 0) is 11.3 Å².